The van der Waals surface area contributed by atoms with Gasteiger partial charge in [0.15, 0.2) is 17.3 Å². The third-order valence-corrected chi connectivity index (χ3v) is 4.07. The first-order valence-corrected chi connectivity index (χ1v) is 8.98. The highest BCUT2D eigenvalue weighted by atomic mass is 35.5. The van der Waals surface area contributed by atoms with Crippen molar-refractivity contribution in [3.63, 3.8) is 0 Å². The van der Waals surface area contributed by atoms with Gasteiger partial charge in [0.1, 0.15) is 12.7 Å². The molecular formula is C19H20ClN5O3. The van der Waals surface area contributed by atoms with Gasteiger partial charge in [0.25, 0.3) is 5.91 Å². The number of nitrogens with one attached hydrogen (secondary N) is 1. The third-order valence-electron chi connectivity index (χ3n) is 3.79. The summed E-state index contributed by atoms with van der Waals surface area (Å²) in [5, 5.41) is 7.25. The fraction of sp³-hybridized carbons (Fsp3) is 0.263. The van der Waals surface area contributed by atoms with E-state index >= 15 is 0 Å². The van der Waals surface area contributed by atoms with Gasteiger partial charge in [-0.3, -0.25) is 4.79 Å². The average molecular weight is 402 g/mol. The molecule has 3 rings (SSSR count). The zero-order chi connectivity index (χ0) is 20.1. The van der Waals surface area contributed by atoms with Crippen LogP contribution in [-0.2, 0) is 6.54 Å². The molecule has 0 unspecified atom stereocenters. The van der Waals surface area contributed by atoms with Crippen LogP contribution in [0.4, 0.5) is 0 Å². The Balaban J connectivity index is 1.79. The van der Waals surface area contributed by atoms with Crippen molar-refractivity contribution in [1.82, 2.24) is 25.1 Å². The van der Waals surface area contributed by atoms with Gasteiger partial charge in [-0.15, -0.1) is 0 Å². The molecule has 28 heavy (non-hydrogen) atoms. The van der Waals surface area contributed by atoms with Crippen molar-refractivity contribution in [3.05, 3.63) is 59.3 Å². The van der Waals surface area contributed by atoms with Crippen LogP contribution in [-0.4, -0.2) is 38.9 Å². The van der Waals surface area contributed by atoms with E-state index in [2.05, 4.69) is 20.4 Å². The molecule has 0 aliphatic heterocycles. The Morgan fingerprint density at radius 3 is 2.86 bits per heavy atom. The van der Waals surface area contributed by atoms with Gasteiger partial charge in [-0.05, 0) is 32.0 Å². The number of carbonyl (C=O) groups is 1. The summed E-state index contributed by atoms with van der Waals surface area (Å²) in [4.78, 5) is 20.9. The Bertz CT molecular complexity index is 960. The lowest BCUT2D eigenvalue weighted by atomic mass is 10.1. The molecule has 2 aromatic heterocycles. The van der Waals surface area contributed by atoms with Gasteiger partial charge in [0.2, 0.25) is 0 Å². The van der Waals surface area contributed by atoms with E-state index in [1.54, 1.807) is 35.4 Å². The second-order valence-corrected chi connectivity index (χ2v) is 6.57. The molecule has 146 valence electrons. The zero-order valence-electron chi connectivity index (χ0n) is 15.7. The number of halogens is 1. The maximum atomic E-state index is 12.6. The molecule has 2 heterocycles. The van der Waals surface area contributed by atoms with E-state index in [9.17, 15) is 4.79 Å². The van der Waals surface area contributed by atoms with Crippen LogP contribution < -0.4 is 14.8 Å². The first-order chi connectivity index (χ1) is 13.5. The van der Waals surface area contributed by atoms with Gasteiger partial charge in [0, 0.05) is 23.9 Å². The number of methoxy groups -OCH3 is 1. The summed E-state index contributed by atoms with van der Waals surface area (Å²) in [7, 11) is 1.50. The first kappa shape index (κ1) is 19.6. The first-order valence-electron chi connectivity index (χ1n) is 8.61. The molecule has 0 aliphatic rings. The van der Waals surface area contributed by atoms with Crippen molar-refractivity contribution >= 4 is 17.5 Å². The summed E-state index contributed by atoms with van der Waals surface area (Å²) in [6.07, 6.45) is 4.55. The molecule has 0 bridgehead atoms. The third kappa shape index (κ3) is 4.40. The predicted molar refractivity (Wildman–Crippen MR) is 104 cm³/mol. The van der Waals surface area contributed by atoms with Crippen molar-refractivity contribution < 1.29 is 14.3 Å². The van der Waals surface area contributed by atoms with E-state index in [1.807, 2.05) is 19.9 Å². The van der Waals surface area contributed by atoms with Crippen LogP contribution in [0.1, 0.15) is 29.8 Å². The molecule has 0 aliphatic carbocycles. The highest BCUT2D eigenvalue weighted by molar-refractivity contribution is 6.32. The van der Waals surface area contributed by atoms with Gasteiger partial charge >= 0.3 is 0 Å². The van der Waals surface area contributed by atoms with Crippen molar-refractivity contribution in [1.29, 1.82) is 0 Å². The number of hydrogen-bond donors (Lipinski definition) is 1. The summed E-state index contributed by atoms with van der Waals surface area (Å²) in [5.74, 6) is 1.11. The molecule has 1 amide bonds. The Kier molecular flexibility index (Phi) is 6.10. The van der Waals surface area contributed by atoms with Crippen LogP contribution in [0.15, 0.2) is 43.1 Å². The molecule has 1 aromatic carbocycles. The predicted octanol–water partition coefficient (Wildman–Crippen LogP) is 3.04. The summed E-state index contributed by atoms with van der Waals surface area (Å²) in [6.45, 7) is 4.03. The Hall–Kier alpha value is -3.13. The lowest BCUT2D eigenvalue weighted by Crippen LogP contribution is -2.24. The maximum absolute atomic E-state index is 12.6. The molecule has 0 saturated heterocycles. The number of pyridine rings is 1. The van der Waals surface area contributed by atoms with Crippen molar-refractivity contribution in [2.24, 2.45) is 0 Å². The van der Waals surface area contributed by atoms with E-state index in [1.165, 1.54) is 13.4 Å². The van der Waals surface area contributed by atoms with E-state index in [4.69, 9.17) is 21.1 Å². The number of rotatable bonds is 7. The second-order valence-electron chi connectivity index (χ2n) is 6.16. The van der Waals surface area contributed by atoms with Crippen molar-refractivity contribution in [2.45, 2.75) is 26.5 Å². The van der Waals surface area contributed by atoms with Gasteiger partial charge in [-0.1, -0.05) is 17.7 Å². The van der Waals surface area contributed by atoms with Crippen LogP contribution in [0.25, 0.3) is 5.82 Å². The Morgan fingerprint density at radius 1 is 1.36 bits per heavy atom. The van der Waals surface area contributed by atoms with Crippen LogP contribution >= 0.6 is 11.6 Å². The number of hydrogen-bond acceptors (Lipinski definition) is 6. The number of carbonyl (C=O) groups excluding carboxylic acids is 1. The molecule has 9 heteroatoms. The van der Waals surface area contributed by atoms with Crippen LogP contribution in [0, 0.1) is 0 Å². The van der Waals surface area contributed by atoms with Crippen molar-refractivity contribution in [2.75, 3.05) is 7.11 Å². The number of aromatic nitrogens is 4. The van der Waals surface area contributed by atoms with E-state index in [0.717, 1.165) is 5.56 Å². The molecule has 8 nitrogen and oxygen atoms in total. The number of nitrogens with zero attached hydrogens (tertiary/aromatic N) is 4. The second kappa shape index (κ2) is 8.71. The molecule has 1 N–H and O–H groups in total. The van der Waals surface area contributed by atoms with E-state index in [0.29, 0.717) is 27.9 Å². The van der Waals surface area contributed by atoms with Gasteiger partial charge < -0.3 is 14.8 Å². The van der Waals surface area contributed by atoms with Crippen LogP contribution in [0.2, 0.25) is 5.02 Å². The number of ether oxygens (including phenoxy) is 2. The summed E-state index contributed by atoms with van der Waals surface area (Å²) in [5.41, 5.74) is 1.16. The highest BCUT2D eigenvalue weighted by Crippen LogP contribution is 2.37. The Morgan fingerprint density at radius 2 is 2.18 bits per heavy atom. The molecular weight excluding hydrogens is 382 g/mol. The van der Waals surface area contributed by atoms with Gasteiger partial charge in [0.05, 0.1) is 18.2 Å². The average Bonchev–Trinajstić information content (AvgIpc) is 3.22. The molecule has 3 aromatic rings. The normalized spacial score (nSPS) is 10.8. The molecule has 0 saturated carbocycles. The highest BCUT2D eigenvalue weighted by Gasteiger charge is 2.17. The van der Waals surface area contributed by atoms with Crippen LogP contribution in [0.5, 0.6) is 11.5 Å². The quantitative estimate of drug-likeness (QED) is 0.654. The molecule has 0 radical (unpaired) electrons. The minimum absolute atomic E-state index is 0.0770. The topological polar surface area (TPSA) is 91.2 Å². The fourth-order valence-electron chi connectivity index (χ4n) is 2.57. The number of benzene rings is 1. The monoisotopic (exact) mass is 401 g/mol. The van der Waals surface area contributed by atoms with Crippen molar-refractivity contribution in [3.8, 4) is 17.3 Å². The Labute approximate surface area is 167 Å². The molecule has 0 spiro atoms. The lowest BCUT2D eigenvalue weighted by Gasteiger charge is -2.16. The minimum Gasteiger partial charge on any atom is -0.493 e. The van der Waals surface area contributed by atoms with Crippen LogP contribution in [0.3, 0.4) is 0 Å². The maximum Gasteiger partial charge on any atom is 0.251 e. The van der Waals surface area contributed by atoms with Gasteiger partial charge in [-0.2, -0.15) is 5.10 Å². The lowest BCUT2D eigenvalue weighted by molar-refractivity contribution is 0.0950. The minimum atomic E-state index is -0.301. The summed E-state index contributed by atoms with van der Waals surface area (Å²) in [6, 6.07) is 6.80. The largest absolute Gasteiger partial charge is 0.493 e. The SMILES string of the molecule is COc1cc(C(=O)NCc2cccnc2-n2cncn2)cc(Cl)c1OC(C)C. The smallest absolute Gasteiger partial charge is 0.251 e. The number of amides is 1. The molecule has 0 atom stereocenters. The molecule has 0 fully saturated rings. The summed E-state index contributed by atoms with van der Waals surface area (Å²) >= 11 is 6.30. The summed E-state index contributed by atoms with van der Waals surface area (Å²) < 4.78 is 12.5. The fourth-order valence-corrected chi connectivity index (χ4v) is 2.83. The van der Waals surface area contributed by atoms with Gasteiger partial charge in [-0.25, -0.2) is 14.6 Å². The zero-order valence-corrected chi connectivity index (χ0v) is 16.5. The van der Waals surface area contributed by atoms with E-state index < -0.39 is 0 Å². The standard InChI is InChI=1S/C19H20ClN5O3/c1-12(2)28-17-15(20)7-14(8-16(17)27-3)19(26)23-9-13-5-4-6-22-18(13)25-11-21-10-24-25/h4-8,10-12H,9H2,1-3H3,(H,23,26). The van der Waals surface area contributed by atoms with E-state index in [-0.39, 0.29) is 18.6 Å².